The maximum Gasteiger partial charge on any atom is 0.231 e. The predicted molar refractivity (Wildman–Crippen MR) is 123 cm³/mol. The van der Waals surface area contributed by atoms with Crippen LogP contribution in [0.4, 0.5) is 0 Å². The summed E-state index contributed by atoms with van der Waals surface area (Å²) in [6.45, 7) is 2.65. The molecule has 1 N–H and O–H groups in total. The van der Waals surface area contributed by atoms with Crippen molar-refractivity contribution in [1.29, 1.82) is 0 Å². The van der Waals surface area contributed by atoms with E-state index in [0.717, 1.165) is 16.7 Å². The number of amides is 1. The van der Waals surface area contributed by atoms with Crippen LogP contribution in [0.1, 0.15) is 11.1 Å². The quantitative estimate of drug-likeness (QED) is 0.394. The summed E-state index contributed by atoms with van der Waals surface area (Å²) in [7, 11) is 3.16. The molecular weight excluding hydrogens is 422 g/mol. The zero-order valence-corrected chi connectivity index (χ0v) is 18.7. The SMILES string of the molecule is COc1ccc(-c2nnc3ccc(OCCNC(=O)Cc4ccccc4C)nn23)cc1OC. The molecule has 0 aliphatic carbocycles. The Morgan fingerprint density at radius 1 is 1.00 bits per heavy atom. The molecule has 0 saturated heterocycles. The Kier molecular flexibility index (Phi) is 6.68. The fourth-order valence-electron chi connectivity index (χ4n) is 3.39. The molecule has 0 unspecified atom stereocenters. The standard InChI is InChI=1S/C24H25N5O4/c1-16-6-4-5-7-17(16)15-22(30)25-12-13-33-23-11-10-21-26-27-24(29(21)28-23)18-8-9-19(31-2)20(14-18)32-3/h4-11,14H,12-13,15H2,1-3H3,(H,25,30). The fraction of sp³-hybridized carbons (Fsp3) is 0.250. The van der Waals surface area contributed by atoms with Crippen LogP contribution in [0.3, 0.4) is 0 Å². The average molecular weight is 447 g/mol. The molecule has 4 aromatic rings. The second-order valence-electron chi connectivity index (χ2n) is 7.34. The highest BCUT2D eigenvalue weighted by molar-refractivity contribution is 5.78. The van der Waals surface area contributed by atoms with E-state index in [1.54, 1.807) is 36.9 Å². The number of nitrogens with one attached hydrogen (secondary N) is 1. The zero-order chi connectivity index (χ0) is 23.2. The van der Waals surface area contributed by atoms with Crippen LogP contribution in [0.25, 0.3) is 17.0 Å². The topological polar surface area (TPSA) is 99.9 Å². The number of fused-ring (bicyclic) bond motifs is 1. The molecule has 0 aliphatic rings. The van der Waals surface area contributed by atoms with Gasteiger partial charge in [0.25, 0.3) is 0 Å². The number of methoxy groups -OCH3 is 2. The van der Waals surface area contributed by atoms with Crippen molar-refractivity contribution in [2.24, 2.45) is 0 Å². The number of carbonyl (C=O) groups is 1. The second kappa shape index (κ2) is 9.99. The van der Waals surface area contributed by atoms with Gasteiger partial charge in [-0.15, -0.1) is 15.3 Å². The highest BCUT2D eigenvalue weighted by atomic mass is 16.5. The normalized spacial score (nSPS) is 10.8. The molecule has 170 valence electrons. The van der Waals surface area contributed by atoms with E-state index in [9.17, 15) is 4.79 Å². The minimum absolute atomic E-state index is 0.0501. The highest BCUT2D eigenvalue weighted by Gasteiger charge is 2.14. The maximum absolute atomic E-state index is 12.2. The smallest absolute Gasteiger partial charge is 0.231 e. The van der Waals surface area contributed by atoms with Crippen molar-refractivity contribution in [3.63, 3.8) is 0 Å². The second-order valence-corrected chi connectivity index (χ2v) is 7.34. The lowest BCUT2D eigenvalue weighted by Gasteiger charge is -2.10. The molecule has 0 radical (unpaired) electrons. The van der Waals surface area contributed by atoms with Crippen molar-refractivity contribution >= 4 is 11.6 Å². The van der Waals surface area contributed by atoms with E-state index in [1.165, 1.54) is 0 Å². The van der Waals surface area contributed by atoms with Gasteiger partial charge in [-0.25, -0.2) is 0 Å². The van der Waals surface area contributed by atoms with Crippen molar-refractivity contribution in [2.45, 2.75) is 13.3 Å². The summed E-state index contributed by atoms with van der Waals surface area (Å²) in [5.41, 5.74) is 3.46. The Morgan fingerprint density at radius 2 is 1.82 bits per heavy atom. The van der Waals surface area contributed by atoms with Crippen molar-refractivity contribution in [3.05, 3.63) is 65.7 Å². The number of aryl methyl sites for hydroxylation is 1. The van der Waals surface area contributed by atoms with E-state index < -0.39 is 0 Å². The number of aromatic nitrogens is 4. The van der Waals surface area contributed by atoms with Crippen LogP contribution in [0.5, 0.6) is 17.4 Å². The molecule has 0 aliphatic heterocycles. The van der Waals surface area contributed by atoms with Gasteiger partial charge in [0.05, 0.1) is 27.2 Å². The molecule has 2 aromatic heterocycles. The first-order chi connectivity index (χ1) is 16.1. The number of rotatable bonds is 9. The Morgan fingerprint density at radius 3 is 2.61 bits per heavy atom. The molecule has 0 atom stereocenters. The van der Waals surface area contributed by atoms with Crippen LogP contribution in [0, 0.1) is 6.92 Å². The third kappa shape index (κ3) is 5.03. The van der Waals surface area contributed by atoms with Crippen molar-refractivity contribution in [1.82, 2.24) is 25.1 Å². The molecule has 0 bridgehead atoms. The first-order valence-electron chi connectivity index (χ1n) is 10.5. The maximum atomic E-state index is 12.2. The highest BCUT2D eigenvalue weighted by Crippen LogP contribution is 2.31. The molecule has 0 saturated carbocycles. The van der Waals surface area contributed by atoms with Gasteiger partial charge in [0.1, 0.15) is 6.61 Å². The molecule has 1 amide bonds. The minimum Gasteiger partial charge on any atom is -0.493 e. The van der Waals surface area contributed by atoms with Crippen LogP contribution < -0.4 is 19.5 Å². The Balaban J connectivity index is 1.39. The Hall–Kier alpha value is -4.14. The van der Waals surface area contributed by atoms with Gasteiger partial charge in [0.2, 0.25) is 11.8 Å². The summed E-state index contributed by atoms with van der Waals surface area (Å²) in [4.78, 5) is 12.2. The number of nitrogens with zero attached hydrogens (tertiary/aromatic N) is 4. The first-order valence-corrected chi connectivity index (χ1v) is 10.5. The summed E-state index contributed by atoms with van der Waals surface area (Å²) in [6, 6.07) is 16.8. The molecule has 4 rings (SSSR count). The van der Waals surface area contributed by atoms with Crippen molar-refractivity contribution in [3.8, 4) is 28.8 Å². The molecule has 0 spiro atoms. The largest absolute Gasteiger partial charge is 0.493 e. The van der Waals surface area contributed by atoms with E-state index in [0.29, 0.717) is 41.8 Å². The molecular formula is C24H25N5O4. The van der Waals surface area contributed by atoms with Crippen LogP contribution in [0.2, 0.25) is 0 Å². The van der Waals surface area contributed by atoms with Gasteiger partial charge in [-0.1, -0.05) is 24.3 Å². The number of hydrogen-bond acceptors (Lipinski definition) is 7. The lowest BCUT2D eigenvalue weighted by atomic mass is 10.1. The van der Waals surface area contributed by atoms with Crippen LogP contribution >= 0.6 is 0 Å². The van der Waals surface area contributed by atoms with Crippen LogP contribution in [0.15, 0.2) is 54.6 Å². The number of ether oxygens (including phenoxy) is 3. The number of benzene rings is 2. The van der Waals surface area contributed by atoms with E-state index in [-0.39, 0.29) is 12.5 Å². The van der Waals surface area contributed by atoms with E-state index >= 15 is 0 Å². The Bertz CT molecular complexity index is 1270. The predicted octanol–water partition coefficient (Wildman–Crippen LogP) is 2.85. The summed E-state index contributed by atoms with van der Waals surface area (Å²) in [5.74, 6) is 2.10. The van der Waals surface area contributed by atoms with Crippen LogP contribution in [-0.2, 0) is 11.2 Å². The van der Waals surface area contributed by atoms with Gasteiger partial charge in [-0.2, -0.15) is 4.52 Å². The first kappa shape index (κ1) is 22.1. The molecule has 0 fully saturated rings. The van der Waals surface area contributed by atoms with Gasteiger partial charge >= 0.3 is 0 Å². The van der Waals surface area contributed by atoms with Crippen molar-refractivity contribution < 1.29 is 19.0 Å². The van der Waals surface area contributed by atoms with Crippen molar-refractivity contribution in [2.75, 3.05) is 27.4 Å². The third-order valence-electron chi connectivity index (χ3n) is 5.17. The monoisotopic (exact) mass is 447 g/mol. The summed E-state index contributed by atoms with van der Waals surface area (Å²) < 4.78 is 18.0. The molecule has 2 heterocycles. The molecule has 2 aromatic carbocycles. The van der Waals surface area contributed by atoms with E-state index in [2.05, 4.69) is 20.6 Å². The zero-order valence-electron chi connectivity index (χ0n) is 18.7. The Labute approximate surface area is 191 Å². The summed E-state index contributed by atoms with van der Waals surface area (Å²) in [5, 5.41) is 15.8. The fourth-order valence-corrected chi connectivity index (χ4v) is 3.39. The third-order valence-corrected chi connectivity index (χ3v) is 5.17. The minimum atomic E-state index is -0.0501. The van der Waals surface area contributed by atoms with Gasteiger partial charge in [-0.05, 0) is 42.3 Å². The number of carbonyl (C=O) groups excluding carboxylic acids is 1. The molecule has 9 nitrogen and oxygen atoms in total. The van der Waals surface area contributed by atoms with E-state index in [1.807, 2.05) is 43.3 Å². The molecule has 33 heavy (non-hydrogen) atoms. The average Bonchev–Trinajstić information content (AvgIpc) is 3.26. The van der Waals surface area contributed by atoms with Gasteiger partial charge in [0, 0.05) is 11.6 Å². The summed E-state index contributed by atoms with van der Waals surface area (Å²) >= 11 is 0. The van der Waals surface area contributed by atoms with Gasteiger partial charge in [0.15, 0.2) is 23.0 Å². The number of hydrogen-bond donors (Lipinski definition) is 1. The van der Waals surface area contributed by atoms with Gasteiger partial charge in [-0.3, -0.25) is 4.79 Å². The van der Waals surface area contributed by atoms with Crippen LogP contribution in [-0.4, -0.2) is 53.1 Å². The lowest BCUT2D eigenvalue weighted by molar-refractivity contribution is -0.120. The van der Waals surface area contributed by atoms with Gasteiger partial charge < -0.3 is 19.5 Å². The lowest BCUT2D eigenvalue weighted by Crippen LogP contribution is -2.29. The summed E-state index contributed by atoms with van der Waals surface area (Å²) in [6.07, 6.45) is 0.340. The molecule has 9 heteroatoms. The van der Waals surface area contributed by atoms with E-state index in [4.69, 9.17) is 14.2 Å².